The molecular formula is C8H11F3N4S. The first-order chi connectivity index (χ1) is 7.55. The van der Waals surface area contributed by atoms with E-state index < -0.39 is 11.2 Å². The number of halogens is 3. The Kier molecular flexibility index (Phi) is 3.41. The number of alkyl halides is 3. The van der Waals surface area contributed by atoms with Gasteiger partial charge in [-0.05, 0) is 0 Å². The molecule has 8 heteroatoms. The molecule has 0 spiro atoms. The summed E-state index contributed by atoms with van der Waals surface area (Å²) < 4.78 is 36.8. The van der Waals surface area contributed by atoms with E-state index in [2.05, 4.69) is 20.4 Å². The van der Waals surface area contributed by atoms with Crippen molar-refractivity contribution in [2.24, 2.45) is 0 Å². The number of piperazine rings is 1. The Bertz CT molecular complexity index is 345. The highest BCUT2D eigenvalue weighted by molar-refractivity contribution is 7.11. The first kappa shape index (κ1) is 11.7. The highest BCUT2D eigenvalue weighted by atomic mass is 32.1. The smallest absolute Gasteiger partial charge is 0.314 e. The molecule has 0 aromatic carbocycles. The van der Waals surface area contributed by atoms with Crippen LogP contribution in [0.25, 0.3) is 0 Å². The van der Waals surface area contributed by atoms with Crippen LogP contribution in [-0.4, -0.2) is 41.3 Å². The van der Waals surface area contributed by atoms with Crippen LogP contribution >= 0.6 is 11.3 Å². The maximum absolute atomic E-state index is 12.3. The normalized spacial score (nSPS) is 18.9. The average molecular weight is 252 g/mol. The molecule has 90 valence electrons. The Labute approximate surface area is 94.5 Å². The quantitative estimate of drug-likeness (QED) is 0.851. The molecule has 1 aromatic rings. The molecule has 16 heavy (non-hydrogen) atoms. The molecule has 0 radical (unpaired) electrons. The van der Waals surface area contributed by atoms with E-state index in [0.29, 0.717) is 22.9 Å². The average Bonchev–Trinajstić information content (AvgIpc) is 2.67. The van der Waals surface area contributed by atoms with Crippen LogP contribution in [-0.2, 0) is 12.7 Å². The van der Waals surface area contributed by atoms with Crippen molar-refractivity contribution in [2.75, 3.05) is 26.2 Å². The lowest BCUT2D eigenvalue weighted by molar-refractivity contribution is -0.138. The van der Waals surface area contributed by atoms with Crippen molar-refractivity contribution in [1.29, 1.82) is 0 Å². The summed E-state index contributed by atoms with van der Waals surface area (Å²) in [4.78, 5) is 2.07. The fraction of sp³-hybridized carbons (Fsp3) is 0.750. The van der Waals surface area contributed by atoms with Gasteiger partial charge in [0.1, 0.15) is 5.01 Å². The third-order valence-corrected chi connectivity index (χ3v) is 3.23. The zero-order chi connectivity index (χ0) is 11.6. The van der Waals surface area contributed by atoms with E-state index in [1.54, 1.807) is 0 Å². The lowest BCUT2D eigenvalue weighted by atomic mass is 10.4. The van der Waals surface area contributed by atoms with Crippen molar-refractivity contribution in [3.63, 3.8) is 0 Å². The summed E-state index contributed by atoms with van der Waals surface area (Å²) in [6.45, 7) is 3.85. The van der Waals surface area contributed by atoms with Crippen molar-refractivity contribution in [3.05, 3.63) is 10.0 Å². The maximum atomic E-state index is 12.3. The van der Waals surface area contributed by atoms with Gasteiger partial charge in [-0.1, -0.05) is 11.3 Å². The molecule has 1 saturated heterocycles. The topological polar surface area (TPSA) is 41.1 Å². The van der Waals surface area contributed by atoms with Crippen molar-refractivity contribution >= 4 is 11.3 Å². The molecule has 1 aliphatic rings. The molecule has 0 atom stereocenters. The first-order valence-electron chi connectivity index (χ1n) is 4.88. The number of nitrogens with one attached hydrogen (secondary N) is 1. The van der Waals surface area contributed by atoms with Crippen molar-refractivity contribution in [1.82, 2.24) is 20.4 Å². The third-order valence-electron chi connectivity index (χ3n) is 2.28. The van der Waals surface area contributed by atoms with Gasteiger partial charge in [-0.2, -0.15) is 13.2 Å². The summed E-state index contributed by atoms with van der Waals surface area (Å²) in [7, 11) is 0. The monoisotopic (exact) mass is 252 g/mol. The third kappa shape index (κ3) is 2.89. The van der Waals surface area contributed by atoms with Gasteiger partial charge in [0.2, 0.25) is 5.01 Å². The Morgan fingerprint density at radius 2 is 1.94 bits per heavy atom. The van der Waals surface area contributed by atoms with Crippen LogP contribution in [0.5, 0.6) is 0 Å². The number of hydrogen-bond donors (Lipinski definition) is 1. The highest BCUT2D eigenvalue weighted by Crippen LogP contribution is 2.31. The van der Waals surface area contributed by atoms with E-state index in [1.807, 2.05) is 0 Å². The molecule has 2 rings (SSSR count). The molecular weight excluding hydrogens is 241 g/mol. The summed E-state index contributed by atoms with van der Waals surface area (Å²) in [5.41, 5.74) is 0. The van der Waals surface area contributed by atoms with E-state index in [1.165, 1.54) is 0 Å². The summed E-state index contributed by atoms with van der Waals surface area (Å²) in [6.07, 6.45) is -4.38. The summed E-state index contributed by atoms with van der Waals surface area (Å²) >= 11 is 0.624. The van der Waals surface area contributed by atoms with Gasteiger partial charge in [-0.3, -0.25) is 4.90 Å². The summed E-state index contributed by atoms with van der Waals surface area (Å²) in [6, 6.07) is 0. The van der Waals surface area contributed by atoms with Gasteiger partial charge < -0.3 is 5.32 Å². The molecule has 1 aromatic heterocycles. The Morgan fingerprint density at radius 3 is 2.50 bits per heavy atom. The number of nitrogens with zero attached hydrogens (tertiary/aromatic N) is 3. The molecule has 1 aliphatic heterocycles. The van der Waals surface area contributed by atoms with Gasteiger partial charge in [0.25, 0.3) is 0 Å². The standard InChI is InChI=1S/C8H11F3N4S/c9-8(10,11)7-14-13-6(16-7)5-15-3-1-12-2-4-15/h12H,1-5H2. The number of aromatic nitrogens is 2. The molecule has 2 heterocycles. The second-order valence-electron chi connectivity index (χ2n) is 3.52. The second kappa shape index (κ2) is 4.64. The minimum absolute atomic E-state index is 0.425. The Balaban J connectivity index is 1.97. The van der Waals surface area contributed by atoms with E-state index in [-0.39, 0.29) is 0 Å². The van der Waals surface area contributed by atoms with Gasteiger partial charge in [0, 0.05) is 26.2 Å². The van der Waals surface area contributed by atoms with Gasteiger partial charge in [0.15, 0.2) is 0 Å². The molecule has 1 fully saturated rings. The van der Waals surface area contributed by atoms with E-state index in [4.69, 9.17) is 0 Å². The Hall–Kier alpha value is -0.730. The van der Waals surface area contributed by atoms with Gasteiger partial charge in [-0.25, -0.2) is 0 Å². The molecule has 0 amide bonds. The molecule has 0 unspecified atom stereocenters. The lowest BCUT2D eigenvalue weighted by Crippen LogP contribution is -2.42. The Morgan fingerprint density at radius 1 is 1.25 bits per heavy atom. The van der Waals surface area contributed by atoms with E-state index in [0.717, 1.165) is 26.2 Å². The van der Waals surface area contributed by atoms with E-state index in [9.17, 15) is 13.2 Å². The summed E-state index contributed by atoms with van der Waals surface area (Å²) in [5, 5.41) is 9.45. The van der Waals surface area contributed by atoms with Crippen LogP contribution in [0.3, 0.4) is 0 Å². The number of rotatable bonds is 2. The molecule has 0 aliphatic carbocycles. The van der Waals surface area contributed by atoms with Crippen LogP contribution in [0.4, 0.5) is 13.2 Å². The fourth-order valence-corrected chi connectivity index (χ4v) is 2.24. The predicted molar refractivity (Wildman–Crippen MR) is 53.1 cm³/mol. The van der Waals surface area contributed by atoms with Crippen molar-refractivity contribution in [2.45, 2.75) is 12.7 Å². The van der Waals surface area contributed by atoms with Gasteiger partial charge in [-0.15, -0.1) is 10.2 Å². The predicted octanol–water partition coefficient (Wildman–Crippen LogP) is 0.962. The van der Waals surface area contributed by atoms with Crippen LogP contribution in [0.15, 0.2) is 0 Å². The first-order valence-corrected chi connectivity index (χ1v) is 5.70. The second-order valence-corrected chi connectivity index (χ2v) is 4.59. The van der Waals surface area contributed by atoms with Crippen LogP contribution in [0, 0.1) is 0 Å². The zero-order valence-electron chi connectivity index (χ0n) is 8.42. The molecule has 4 nitrogen and oxygen atoms in total. The molecule has 0 saturated carbocycles. The van der Waals surface area contributed by atoms with Gasteiger partial charge in [0.05, 0.1) is 6.54 Å². The molecule has 0 bridgehead atoms. The van der Waals surface area contributed by atoms with Gasteiger partial charge >= 0.3 is 6.18 Å². The SMILES string of the molecule is FC(F)(F)c1nnc(CN2CCNCC2)s1. The molecule has 1 N–H and O–H groups in total. The van der Waals surface area contributed by atoms with Crippen LogP contribution in [0.1, 0.15) is 10.0 Å². The largest absolute Gasteiger partial charge is 0.445 e. The van der Waals surface area contributed by atoms with Crippen LogP contribution in [0.2, 0.25) is 0 Å². The zero-order valence-corrected chi connectivity index (χ0v) is 9.24. The van der Waals surface area contributed by atoms with Crippen molar-refractivity contribution < 1.29 is 13.2 Å². The number of hydrogen-bond acceptors (Lipinski definition) is 5. The highest BCUT2D eigenvalue weighted by Gasteiger charge is 2.35. The van der Waals surface area contributed by atoms with E-state index >= 15 is 0 Å². The summed E-state index contributed by atoms with van der Waals surface area (Å²) in [5.74, 6) is 0. The lowest BCUT2D eigenvalue weighted by Gasteiger charge is -2.25. The fourth-order valence-electron chi connectivity index (χ4n) is 1.49. The maximum Gasteiger partial charge on any atom is 0.445 e. The van der Waals surface area contributed by atoms with Crippen molar-refractivity contribution in [3.8, 4) is 0 Å². The van der Waals surface area contributed by atoms with Crippen LogP contribution < -0.4 is 5.32 Å². The minimum atomic E-state index is -4.38. The minimum Gasteiger partial charge on any atom is -0.314 e.